The van der Waals surface area contributed by atoms with Gasteiger partial charge in [0.1, 0.15) is 12.4 Å². The summed E-state index contributed by atoms with van der Waals surface area (Å²) in [5.74, 6) is 0.798. The SMILES string of the molecule is O=C(Cc1cccs1)Nc1ccc(OCC2CCCCO2)cc1. The molecule has 2 aromatic rings. The second-order valence-electron chi connectivity index (χ2n) is 5.63. The van der Waals surface area contributed by atoms with E-state index in [1.807, 2.05) is 41.8 Å². The van der Waals surface area contributed by atoms with Crippen LogP contribution in [-0.2, 0) is 16.0 Å². The summed E-state index contributed by atoms with van der Waals surface area (Å²) in [6, 6.07) is 11.4. The minimum absolute atomic E-state index is 0.00303. The van der Waals surface area contributed by atoms with E-state index >= 15 is 0 Å². The number of hydrogen-bond acceptors (Lipinski definition) is 4. The highest BCUT2D eigenvalue weighted by atomic mass is 32.1. The van der Waals surface area contributed by atoms with E-state index in [-0.39, 0.29) is 12.0 Å². The van der Waals surface area contributed by atoms with E-state index < -0.39 is 0 Å². The van der Waals surface area contributed by atoms with Crippen molar-refractivity contribution in [2.75, 3.05) is 18.5 Å². The maximum Gasteiger partial charge on any atom is 0.229 e. The lowest BCUT2D eigenvalue weighted by molar-refractivity contribution is -0.115. The molecule has 0 spiro atoms. The Hall–Kier alpha value is -1.85. The van der Waals surface area contributed by atoms with Crippen molar-refractivity contribution in [1.29, 1.82) is 0 Å². The first-order chi connectivity index (χ1) is 11.3. The van der Waals surface area contributed by atoms with Crippen molar-refractivity contribution in [1.82, 2.24) is 0 Å². The average Bonchev–Trinajstić information content (AvgIpc) is 3.08. The second-order valence-corrected chi connectivity index (χ2v) is 6.66. The molecule has 1 unspecified atom stereocenters. The molecule has 1 aromatic heterocycles. The van der Waals surface area contributed by atoms with Crippen LogP contribution in [0.15, 0.2) is 41.8 Å². The Morgan fingerprint density at radius 1 is 1.26 bits per heavy atom. The van der Waals surface area contributed by atoms with Crippen molar-refractivity contribution in [2.24, 2.45) is 0 Å². The lowest BCUT2D eigenvalue weighted by Crippen LogP contribution is -2.25. The molecule has 0 saturated carbocycles. The molecule has 1 atom stereocenters. The van der Waals surface area contributed by atoms with Crippen LogP contribution in [0.5, 0.6) is 5.75 Å². The summed E-state index contributed by atoms with van der Waals surface area (Å²) in [5, 5.41) is 4.88. The number of ether oxygens (including phenoxy) is 2. The van der Waals surface area contributed by atoms with E-state index in [0.29, 0.717) is 13.0 Å². The van der Waals surface area contributed by atoms with Gasteiger partial charge in [-0.2, -0.15) is 0 Å². The summed E-state index contributed by atoms with van der Waals surface area (Å²) in [4.78, 5) is 13.0. The Balaban J connectivity index is 1.45. The van der Waals surface area contributed by atoms with Crippen LogP contribution in [0, 0.1) is 0 Å². The minimum atomic E-state index is -0.00303. The molecule has 1 fully saturated rings. The molecule has 1 aliphatic rings. The lowest BCUT2D eigenvalue weighted by Gasteiger charge is -2.22. The Morgan fingerprint density at radius 3 is 2.83 bits per heavy atom. The van der Waals surface area contributed by atoms with Gasteiger partial charge in [0.2, 0.25) is 5.91 Å². The van der Waals surface area contributed by atoms with E-state index in [2.05, 4.69) is 5.32 Å². The van der Waals surface area contributed by atoms with Gasteiger partial charge in [-0.1, -0.05) is 6.07 Å². The maximum absolute atomic E-state index is 11.9. The standard InChI is InChI=1S/C18H21NO3S/c20-18(12-17-5-3-11-23-17)19-14-6-8-15(9-7-14)22-13-16-4-1-2-10-21-16/h3,5-9,11,16H,1-2,4,10,12-13H2,(H,19,20). The quantitative estimate of drug-likeness (QED) is 0.874. The summed E-state index contributed by atoms with van der Waals surface area (Å²) in [7, 11) is 0. The molecule has 1 aromatic carbocycles. The van der Waals surface area contributed by atoms with Crippen molar-refractivity contribution in [2.45, 2.75) is 31.8 Å². The first kappa shape index (κ1) is 16.0. The third-order valence-electron chi connectivity index (χ3n) is 3.76. The number of anilines is 1. The van der Waals surface area contributed by atoms with Crippen LogP contribution < -0.4 is 10.1 Å². The monoisotopic (exact) mass is 331 g/mol. The number of carbonyl (C=O) groups is 1. The van der Waals surface area contributed by atoms with Gasteiger partial charge in [0.05, 0.1) is 12.5 Å². The fraction of sp³-hybridized carbons (Fsp3) is 0.389. The van der Waals surface area contributed by atoms with Crippen molar-refractivity contribution in [3.8, 4) is 5.75 Å². The topological polar surface area (TPSA) is 47.6 Å². The smallest absolute Gasteiger partial charge is 0.229 e. The number of amides is 1. The molecule has 2 heterocycles. The van der Waals surface area contributed by atoms with Gasteiger partial charge in [-0.05, 0) is 55.0 Å². The highest BCUT2D eigenvalue weighted by Gasteiger charge is 2.14. The molecule has 122 valence electrons. The van der Waals surface area contributed by atoms with E-state index in [0.717, 1.165) is 35.8 Å². The second kappa shape index (κ2) is 8.13. The first-order valence-electron chi connectivity index (χ1n) is 7.96. The van der Waals surface area contributed by atoms with Gasteiger partial charge in [0.25, 0.3) is 0 Å². The predicted molar refractivity (Wildman–Crippen MR) is 92.2 cm³/mol. The van der Waals surface area contributed by atoms with Crippen molar-refractivity contribution >= 4 is 22.9 Å². The highest BCUT2D eigenvalue weighted by molar-refractivity contribution is 7.10. The molecule has 0 bridgehead atoms. The fourth-order valence-electron chi connectivity index (χ4n) is 2.54. The molecule has 23 heavy (non-hydrogen) atoms. The summed E-state index contributed by atoms with van der Waals surface area (Å²) < 4.78 is 11.4. The van der Waals surface area contributed by atoms with Crippen molar-refractivity contribution in [3.05, 3.63) is 46.7 Å². The number of benzene rings is 1. The number of thiophene rings is 1. The Morgan fingerprint density at radius 2 is 2.13 bits per heavy atom. The Kier molecular flexibility index (Phi) is 5.66. The van der Waals surface area contributed by atoms with Crippen molar-refractivity contribution in [3.63, 3.8) is 0 Å². The Bertz CT molecular complexity index is 604. The molecule has 1 amide bonds. The fourth-order valence-corrected chi connectivity index (χ4v) is 3.24. The molecule has 1 saturated heterocycles. The number of rotatable bonds is 6. The van der Waals surface area contributed by atoms with Crippen LogP contribution in [0.2, 0.25) is 0 Å². The predicted octanol–water partition coefficient (Wildman–Crippen LogP) is 3.88. The van der Waals surface area contributed by atoms with Gasteiger partial charge < -0.3 is 14.8 Å². The number of hydrogen-bond donors (Lipinski definition) is 1. The zero-order valence-corrected chi connectivity index (χ0v) is 13.8. The van der Waals surface area contributed by atoms with Crippen LogP contribution in [0.4, 0.5) is 5.69 Å². The summed E-state index contributed by atoms with van der Waals surface area (Å²) in [5.41, 5.74) is 0.785. The molecule has 3 rings (SSSR count). The van der Waals surface area contributed by atoms with E-state index in [9.17, 15) is 4.79 Å². The van der Waals surface area contributed by atoms with Gasteiger partial charge >= 0.3 is 0 Å². The highest BCUT2D eigenvalue weighted by Crippen LogP contribution is 2.19. The first-order valence-corrected chi connectivity index (χ1v) is 8.84. The van der Waals surface area contributed by atoms with Crippen LogP contribution in [-0.4, -0.2) is 25.2 Å². The summed E-state index contributed by atoms with van der Waals surface area (Å²) in [6.45, 7) is 1.42. The number of nitrogens with one attached hydrogen (secondary N) is 1. The molecular formula is C18H21NO3S. The van der Waals surface area contributed by atoms with Crippen LogP contribution in [0.3, 0.4) is 0 Å². The third kappa shape index (κ3) is 5.08. The zero-order valence-electron chi connectivity index (χ0n) is 13.0. The average molecular weight is 331 g/mol. The molecular weight excluding hydrogens is 310 g/mol. The molecule has 0 aliphatic carbocycles. The van der Waals surface area contributed by atoms with Gasteiger partial charge in [-0.15, -0.1) is 11.3 Å². The third-order valence-corrected chi connectivity index (χ3v) is 4.64. The minimum Gasteiger partial charge on any atom is -0.491 e. The molecule has 5 heteroatoms. The van der Waals surface area contributed by atoms with E-state index in [1.54, 1.807) is 11.3 Å². The number of carbonyl (C=O) groups excluding carboxylic acids is 1. The van der Waals surface area contributed by atoms with Crippen molar-refractivity contribution < 1.29 is 14.3 Å². The molecule has 1 N–H and O–H groups in total. The van der Waals surface area contributed by atoms with E-state index in [4.69, 9.17) is 9.47 Å². The molecule has 4 nitrogen and oxygen atoms in total. The van der Waals surface area contributed by atoms with Crippen LogP contribution in [0.1, 0.15) is 24.1 Å². The largest absolute Gasteiger partial charge is 0.491 e. The lowest BCUT2D eigenvalue weighted by atomic mass is 10.1. The van der Waals surface area contributed by atoms with Crippen LogP contribution >= 0.6 is 11.3 Å². The normalized spacial score (nSPS) is 17.7. The zero-order chi connectivity index (χ0) is 15.9. The summed E-state index contributed by atoms with van der Waals surface area (Å²) in [6.07, 6.45) is 4.04. The van der Waals surface area contributed by atoms with E-state index in [1.165, 1.54) is 6.42 Å². The maximum atomic E-state index is 11.9. The van der Waals surface area contributed by atoms with Gasteiger partial charge in [-0.25, -0.2) is 0 Å². The van der Waals surface area contributed by atoms with Gasteiger partial charge in [0.15, 0.2) is 0 Å². The summed E-state index contributed by atoms with van der Waals surface area (Å²) >= 11 is 1.59. The van der Waals surface area contributed by atoms with Gasteiger partial charge in [0, 0.05) is 17.2 Å². The van der Waals surface area contributed by atoms with Crippen LogP contribution in [0.25, 0.3) is 0 Å². The molecule has 1 aliphatic heterocycles. The molecule has 0 radical (unpaired) electrons. The van der Waals surface area contributed by atoms with Gasteiger partial charge in [-0.3, -0.25) is 4.79 Å². The Labute approximate surface area is 140 Å².